The lowest BCUT2D eigenvalue weighted by atomic mass is 10.2. The number of methoxy groups -OCH3 is 1. The molecule has 0 aliphatic carbocycles. The van der Waals surface area contributed by atoms with Crippen molar-refractivity contribution in [1.29, 1.82) is 0 Å². The van der Waals surface area contributed by atoms with Crippen LogP contribution in [0.1, 0.15) is 19.4 Å². The molecule has 0 saturated carbocycles. The summed E-state index contributed by atoms with van der Waals surface area (Å²) in [4.78, 5) is -0.0295. The van der Waals surface area contributed by atoms with Crippen molar-refractivity contribution in [3.63, 3.8) is 0 Å². The van der Waals surface area contributed by atoms with E-state index in [1.807, 2.05) is 0 Å². The summed E-state index contributed by atoms with van der Waals surface area (Å²) >= 11 is 0. The van der Waals surface area contributed by atoms with Crippen LogP contribution in [0.5, 0.6) is 17.2 Å². The lowest BCUT2D eigenvalue weighted by molar-refractivity contribution is 0.321. The first-order valence-electron chi connectivity index (χ1n) is 9.28. The molecule has 1 N–H and O–H groups in total. The minimum atomic E-state index is -3.90. The molecule has 1 heterocycles. The Bertz CT molecular complexity index is 1070. The molecule has 0 aliphatic rings. The summed E-state index contributed by atoms with van der Waals surface area (Å²) in [6.07, 6.45) is 1.39. The summed E-state index contributed by atoms with van der Waals surface area (Å²) in [6.45, 7) is 4.30. The zero-order valence-electron chi connectivity index (χ0n) is 16.9. The van der Waals surface area contributed by atoms with E-state index in [4.69, 9.17) is 14.2 Å². The first-order chi connectivity index (χ1) is 14.5. The molecule has 0 atom stereocenters. The van der Waals surface area contributed by atoms with Crippen LogP contribution in [0.15, 0.2) is 47.6 Å². The minimum Gasteiger partial charge on any atom is -0.497 e. The summed E-state index contributed by atoms with van der Waals surface area (Å²) in [7, 11) is -2.33. The summed E-state index contributed by atoms with van der Waals surface area (Å²) < 4.78 is 46.5. The molecule has 0 fully saturated rings. The van der Waals surface area contributed by atoms with E-state index in [0.29, 0.717) is 23.8 Å². The van der Waals surface area contributed by atoms with E-state index in [1.165, 1.54) is 17.1 Å². The Hall–Kier alpha value is -3.18. The number of hydrogen-bond donors (Lipinski definition) is 1. The van der Waals surface area contributed by atoms with Gasteiger partial charge < -0.3 is 14.2 Å². The fourth-order valence-electron chi connectivity index (χ4n) is 2.73. The molecule has 0 bridgehead atoms. The van der Waals surface area contributed by atoms with E-state index in [9.17, 15) is 8.42 Å². The highest BCUT2D eigenvalue weighted by Gasteiger charge is 2.24. The van der Waals surface area contributed by atoms with Crippen molar-refractivity contribution in [2.24, 2.45) is 0 Å². The Kier molecular flexibility index (Phi) is 6.85. The highest BCUT2D eigenvalue weighted by atomic mass is 32.2. The van der Waals surface area contributed by atoms with E-state index >= 15 is 0 Å². The average molecular weight is 433 g/mol. The number of hydrogen-bond acceptors (Lipinski definition) is 8. The molecule has 160 valence electrons. The van der Waals surface area contributed by atoms with E-state index < -0.39 is 10.0 Å². The van der Waals surface area contributed by atoms with Crippen molar-refractivity contribution < 1.29 is 22.6 Å². The van der Waals surface area contributed by atoms with E-state index in [-0.39, 0.29) is 23.8 Å². The first kappa shape index (κ1) is 21.5. The Morgan fingerprint density at radius 1 is 1.03 bits per heavy atom. The Morgan fingerprint density at radius 2 is 1.73 bits per heavy atom. The topological polar surface area (TPSA) is 117 Å². The van der Waals surface area contributed by atoms with Crippen LogP contribution in [0.4, 0.5) is 0 Å². The SMILES string of the molecule is CCOc1cc(S(=O)(=O)NCc2ccc(OC)cc2)c(OCC)cc1-n1cnnn1. The smallest absolute Gasteiger partial charge is 0.244 e. The third-order valence-electron chi connectivity index (χ3n) is 4.14. The standard InChI is InChI=1S/C19H23N5O5S/c1-4-28-17-11-19(18(29-5-2)10-16(17)24-13-20-22-23-24)30(25,26)21-12-14-6-8-15(27-3)9-7-14/h6-11,13,21H,4-5,12H2,1-3H3. The second-order valence-corrected chi connectivity index (χ2v) is 7.80. The zero-order chi connectivity index (χ0) is 21.6. The fraction of sp³-hybridized carbons (Fsp3) is 0.316. The quantitative estimate of drug-likeness (QED) is 0.515. The summed E-state index contributed by atoms with van der Waals surface area (Å²) in [5.41, 5.74) is 1.26. The maximum atomic E-state index is 13.1. The van der Waals surface area contributed by atoms with Gasteiger partial charge in [-0.25, -0.2) is 13.1 Å². The molecule has 10 nitrogen and oxygen atoms in total. The van der Waals surface area contributed by atoms with Gasteiger partial charge in [0.05, 0.1) is 20.3 Å². The van der Waals surface area contributed by atoms with Crippen LogP contribution in [0.25, 0.3) is 5.69 Å². The van der Waals surface area contributed by atoms with Crippen LogP contribution >= 0.6 is 0 Å². The zero-order valence-corrected chi connectivity index (χ0v) is 17.7. The number of ether oxygens (including phenoxy) is 3. The third kappa shape index (κ3) is 4.86. The van der Waals surface area contributed by atoms with Gasteiger partial charge in [0.2, 0.25) is 10.0 Å². The monoisotopic (exact) mass is 433 g/mol. The molecule has 0 spiro atoms. The van der Waals surface area contributed by atoms with Crippen molar-refractivity contribution in [3.8, 4) is 22.9 Å². The summed E-state index contributed by atoms with van der Waals surface area (Å²) in [5.74, 6) is 1.19. The molecule has 1 aromatic heterocycles. The van der Waals surface area contributed by atoms with Gasteiger partial charge >= 0.3 is 0 Å². The van der Waals surface area contributed by atoms with Crippen LogP contribution in [0, 0.1) is 0 Å². The minimum absolute atomic E-state index is 0.0295. The van der Waals surface area contributed by atoms with Crippen LogP contribution in [0.3, 0.4) is 0 Å². The molecule has 2 aromatic carbocycles. The van der Waals surface area contributed by atoms with Gasteiger partial charge in [0.15, 0.2) is 0 Å². The van der Waals surface area contributed by atoms with Crippen LogP contribution in [-0.2, 0) is 16.6 Å². The fourth-order valence-corrected chi connectivity index (χ4v) is 3.89. The maximum absolute atomic E-state index is 13.1. The van der Waals surface area contributed by atoms with Crippen molar-refractivity contribution in [3.05, 3.63) is 48.3 Å². The van der Waals surface area contributed by atoms with E-state index in [0.717, 1.165) is 5.56 Å². The average Bonchev–Trinajstić information content (AvgIpc) is 3.28. The normalized spacial score (nSPS) is 11.3. The molecule has 0 amide bonds. The Morgan fingerprint density at radius 3 is 2.33 bits per heavy atom. The molecule has 0 radical (unpaired) electrons. The highest BCUT2D eigenvalue weighted by Crippen LogP contribution is 2.34. The maximum Gasteiger partial charge on any atom is 0.244 e. The molecule has 0 unspecified atom stereocenters. The number of sulfonamides is 1. The number of aromatic nitrogens is 4. The molecule has 11 heteroatoms. The summed E-state index contributed by atoms with van der Waals surface area (Å²) in [5, 5.41) is 11.1. The van der Waals surface area contributed by atoms with Gasteiger partial charge in [-0.1, -0.05) is 12.1 Å². The highest BCUT2D eigenvalue weighted by molar-refractivity contribution is 7.89. The van der Waals surface area contributed by atoms with Gasteiger partial charge in [0.1, 0.15) is 34.2 Å². The van der Waals surface area contributed by atoms with Gasteiger partial charge in [-0.3, -0.25) is 0 Å². The molecule has 30 heavy (non-hydrogen) atoms. The lowest BCUT2D eigenvalue weighted by Gasteiger charge is -2.17. The number of tetrazole rings is 1. The first-order valence-corrected chi connectivity index (χ1v) is 10.8. The molecule has 3 aromatic rings. The van der Waals surface area contributed by atoms with E-state index in [2.05, 4.69) is 20.2 Å². The lowest BCUT2D eigenvalue weighted by Crippen LogP contribution is -2.24. The molecular weight excluding hydrogens is 410 g/mol. The number of nitrogens with one attached hydrogen (secondary N) is 1. The summed E-state index contributed by atoms with van der Waals surface area (Å²) in [6, 6.07) is 10.1. The van der Waals surface area contributed by atoms with Gasteiger partial charge in [0, 0.05) is 18.7 Å². The number of benzene rings is 2. The molecule has 0 saturated heterocycles. The van der Waals surface area contributed by atoms with E-state index in [1.54, 1.807) is 51.3 Å². The molecule has 3 rings (SSSR count). The Labute approximate surface area is 174 Å². The predicted octanol–water partition coefficient (Wildman–Crippen LogP) is 1.95. The van der Waals surface area contributed by atoms with Gasteiger partial charge in [-0.15, -0.1) is 5.10 Å². The van der Waals surface area contributed by atoms with Crippen molar-refractivity contribution in [1.82, 2.24) is 24.9 Å². The largest absolute Gasteiger partial charge is 0.497 e. The van der Waals surface area contributed by atoms with Crippen molar-refractivity contribution >= 4 is 10.0 Å². The predicted molar refractivity (Wildman–Crippen MR) is 109 cm³/mol. The molecule has 0 aliphatic heterocycles. The number of nitrogens with zero attached hydrogens (tertiary/aromatic N) is 4. The second-order valence-electron chi connectivity index (χ2n) is 6.06. The van der Waals surface area contributed by atoms with Crippen LogP contribution in [0.2, 0.25) is 0 Å². The molecular formula is C19H23N5O5S. The van der Waals surface area contributed by atoms with Gasteiger partial charge in [-0.05, 0) is 42.0 Å². The third-order valence-corrected chi connectivity index (χ3v) is 5.56. The second kappa shape index (κ2) is 9.55. The van der Waals surface area contributed by atoms with Crippen molar-refractivity contribution in [2.75, 3.05) is 20.3 Å². The Balaban J connectivity index is 1.95. The van der Waals surface area contributed by atoms with Crippen LogP contribution in [-0.4, -0.2) is 48.9 Å². The van der Waals surface area contributed by atoms with Crippen LogP contribution < -0.4 is 18.9 Å². The van der Waals surface area contributed by atoms with Gasteiger partial charge in [0.25, 0.3) is 0 Å². The van der Waals surface area contributed by atoms with Gasteiger partial charge in [-0.2, -0.15) is 4.68 Å². The number of rotatable bonds is 10. The van der Waals surface area contributed by atoms with Crippen molar-refractivity contribution in [2.45, 2.75) is 25.3 Å².